The molecule has 0 spiro atoms. The van der Waals surface area contributed by atoms with Crippen LogP contribution in [0, 0.1) is 13.8 Å². The van der Waals surface area contributed by atoms with E-state index in [1.807, 2.05) is 49.2 Å². The third-order valence-electron chi connectivity index (χ3n) is 4.53. The largest absolute Gasteiger partial charge is 0.365 e. The van der Waals surface area contributed by atoms with Crippen LogP contribution in [0.15, 0.2) is 30.5 Å². The summed E-state index contributed by atoms with van der Waals surface area (Å²) >= 11 is 0. The number of aromatic amines is 1. The van der Waals surface area contributed by atoms with Crippen LogP contribution in [-0.4, -0.2) is 32.3 Å². The zero-order valence-corrected chi connectivity index (χ0v) is 13.3. The minimum absolute atomic E-state index is 0.0544. The molecule has 0 aliphatic carbocycles. The van der Waals surface area contributed by atoms with Crippen molar-refractivity contribution >= 4 is 16.9 Å². The molecule has 3 heterocycles. The number of fused-ring (bicyclic) bond motifs is 2. The molecule has 5 nitrogen and oxygen atoms in total. The smallest absolute Gasteiger partial charge is 0.254 e. The quantitative estimate of drug-likeness (QED) is 0.752. The van der Waals surface area contributed by atoms with Gasteiger partial charge in [0, 0.05) is 37.0 Å². The maximum absolute atomic E-state index is 12.8. The van der Waals surface area contributed by atoms with E-state index < -0.39 is 0 Å². The number of carbonyl (C=O) groups excluding carboxylic acids is 1. The summed E-state index contributed by atoms with van der Waals surface area (Å²) in [4.78, 5) is 27.0. The molecule has 116 valence electrons. The fourth-order valence-corrected chi connectivity index (χ4v) is 3.07. The van der Waals surface area contributed by atoms with Gasteiger partial charge in [-0.3, -0.25) is 4.79 Å². The second kappa shape index (κ2) is 5.19. The van der Waals surface area contributed by atoms with Crippen LogP contribution in [0.1, 0.15) is 33.0 Å². The Balaban J connectivity index is 1.66. The van der Waals surface area contributed by atoms with Gasteiger partial charge >= 0.3 is 0 Å². The number of amides is 1. The summed E-state index contributed by atoms with van der Waals surface area (Å²) < 4.78 is 0. The van der Waals surface area contributed by atoms with Gasteiger partial charge in [0.05, 0.1) is 22.4 Å². The molecule has 1 N–H and O–H groups in total. The standard InChI is InChI=1S/C18H18N4O/c1-11-12(2)21-17-9-13(3-4-16(17)20-11)18(23)22-8-6-15-14(10-22)5-7-19-15/h3-5,7,9,19H,6,8,10H2,1-2H3. The highest BCUT2D eigenvalue weighted by atomic mass is 16.2. The molecular weight excluding hydrogens is 288 g/mol. The molecule has 0 fully saturated rings. The van der Waals surface area contributed by atoms with Crippen LogP contribution in [0.2, 0.25) is 0 Å². The number of nitrogens with zero attached hydrogens (tertiary/aromatic N) is 3. The highest BCUT2D eigenvalue weighted by Crippen LogP contribution is 2.21. The van der Waals surface area contributed by atoms with Crippen molar-refractivity contribution in [1.29, 1.82) is 0 Å². The highest BCUT2D eigenvalue weighted by Gasteiger charge is 2.22. The summed E-state index contributed by atoms with van der Waals surface area (Å²) in [5.74, 6) is 0.0544. The van der Waals surface area contributed by atoms with Gasteiger partial charge in [0.1, 0.15) is 0 Å². The minimum Gasteiger partial charge on any atom is -0.365 e. The summed E-state index contributed by atoms with van der Waals surface area (Å²) in [6.45, 7) is 5.29. The molecule has 0 saturated heterocycles. The normalized spacial score (nSPS) is 14.1. The fourth-order valence-electron chi connectivity index (χ4n) is 3.07. The van der Waals surface area contributed by atoms with E-state index in [-0.39, 0.29) is 5.91 Å². The van der Waals surface area contributed by atoms with Crippen molar-refractivity contribution in [3.63, 3.8) is 0 Å². The Labute approximate surface area is 134 Å². The van der Waals surface area contributed by atoms with Gasteiger partial charge in [-0.2, -0.15) is 0 Å². The van der Waals surface area contributed by atoms with E-state index in [0.29, 0.717) is 12.1 Å². The predicted molar refractivity (Wildman–Crippen MR) is 88.2 cm³/mol. The van der Waals surface area contributed by atoms with Gasteiger partial charge in [0.15, 0.2) is 0 Å². The lowest BCUT2D eigenvalue weighted by Crippen LogP contribution is -2.35. The summed E-state index contributed by atoms with van der Waals surface area (Å²) in [5.41, 5.74) is 6.55. The molecule has 0 radical (unpaired) electrons. The third kappa shape index (κ3) is 2.38. The molecule has 2 aromatic heterocycles. The van der Waals surface area contributed by atoms with Crippen LogP contribution in [0.5, 0.6) is 0 Å². The van der Waals surface area contributed by atoms with Crippen LogP contribution in [0.4, 0.5) is 0 Å². The second-order valence-electron chi connectivity index (χ2n) is 6.06. The van der Waals surface area contributed by atoms with E-state index in [4.69, 9.17) is 0 Å². The number of nitrogens with one attached hydrogen (secondary N) is 1. The number of benzene rings is 1. The number of carbonyl (C=O) groups is 1. The number of hydrogen-bond donors (Lipinski definition) is 1. The first-order valence-corrected chi connectivity index (χ1v) is 7.81. The van der Waals surface area contributed by atoms with Crippen molar-refractivity contribution in [3.05, 3.63) is 58.7 Å². The molecule has 23 heavy (non-hydrogen) atoms. The molecule has 4 rings (SSSR count). The highest BCUT2D eigenvalue weighted by molar-refractivity contribution is 5.97. The first-order valence-electron chi connectivity index (χ1n) is 7.81. The van der Waals surface area contributed by atoms with E-state index in [0.717, 1.165) is 35.4 Å². The van der Waals surface area contributed by atoms with Crippen molar-refractivity contribution in [2.75, 3.05) is 6.54 Å². The topological polar surface area (TPSA) is 61.9 Å². The first-order chi connectivity index (χ1) is 11.1. The van der Waals surface area contributed by atoms with Gasteiger partial charge in [0.2, 0.25) is 0 Å². The van der Waals surface area contributed by atoms with Gasteiger partial charge in [-0.1, -0.05) is 0 Å². The zero-order valence-electron chi connectivity index (χ0n) is 13.3. The van der Waals surface area contributed by atoms with E-state index in [2.05, 4.69) is 15.0 Å². The van der Waals surface area contributed by atoms with E-state index in [9.17, 15) is 4.79 Å². The second-order valence-corrected chi connectivity index (χ2v) is 6.06. The number of aromatic nitrogens is 3. The SMILES string of the molecule is Cc1nc2ccc(C(=O)N3CCc4[nH]ccc4C3)cc2nc1C. The Kier molecular flexibility index (Phi) is 3.15. The average molecular weight is 306 g/mol. The van der Waals surface area contributed by atoms with Crippen LogP contribution < -0.4 is 0 Å². The molecular formula is C18H18N4O. The Morgan fingerprint density at radius 1 is 1.13 bits per heavy atom. The lowest BCUT2D eigenvalue weighted by atomic mass is 10.1. The molecule has 0 atom stereocenters. The first kappa shape index (κ1) is 13.9. The van der Waals surface area contributed by atoms with Gasteiger partial charge in [-0.15, -0.1) is 0 Å². The molecule has 1 amide bonds. The van der Waals surface area contributed by atoms with Crippen LogP contribution >= 0.6 is 0 Å². The molecule has 1 aliphatic heterocycles. The number of aryl methyl sites for hydroxylation is 2. The van der Waals surface area contributed by atoms with Crippen molar-refractivity contribution in [2.24, 2.45) is 0 Å². The van der Waals surface area contributed by atoms with Crippen LogP contribution in [-0.2, 0) is 13.0 Å². The Morgan fingerprint density at radius 2 is 1.91 bits per heavy atom. The summed E-state index contributed by atoms with van der Waals surface area (Å²) in [7, 11) is 0. The molecule has 1 aromatic carbocycles. The van der Waals surface area contributed by atoms with Crippen molar-refractivity contribution in [2.45, 2.75) is 26.8 Å². The van der Waals surface area contributed by atoms with Gasteiger partial charge in [0.25, 0.3) is 5.91 Å². The van der Waals surface area contributed by atoms with Gasteiger partial charge < -0.3 is 9.88 Å². The predicted octanol–water partition coefficient (Wildman–Crippen LogP) is 2.77. The number of H-pyrrole nitrogens is 1. The average Bonchev–Trinajstić information content (AvgIpc) is 3.02. The van der Waals surface area contributed by atoms with E-state index in [1.54, 1.807) is 0 Å². The zero-order chi connectivity index (χ0) is 16.0. The maximum atomic E-state index is 12.8. The Hall–Kier alpha value is -2.69. The lowest BCUT2D eigenvalue weighted by molar-refractivity contribution is 0.0734. The minimum atomic E-state index is 0.0544. The van der Waals surface area contributed by atoms with Crippen LogP contribution in [0.3, 0.4) is 0 Å². The Bertz CT molecular complexity index is 913. The summed E-state index contributed by atoms with van der Waals surface area (Å²) in [6, 6.07) is 7.63. The molecule has 5 heteroatoms. The molecule has 0 unspecified atom stereocenters. The molecule has 0 bridgehead atoms. The molecule has 1 aliphatic rings. The van der Waals surface area contributed by atoms with Crippen LogP contribution in [0.25, 0.3) is 11.0 Å². The van der Waals surface area contributed by atoms with Gasteiger partial charge in [-0.25, -0.2) is 9.97 Å². The maximum Gasteiger partial charge on any atom is 0.254 e. The fraction of sp³-hybridized carbons (Fsp3) is 0.278. The van der Waals surface area contributed by atoms with Crippen molar-refractivity contribution < 1.29 is 4.79 Å². The Morgan fingerprint density at radius 3 is 2.74 bits per heavy atom. The number of hydrogen-bond acceptors (Lipinski definition) is 3. The van der Waals surface area contributed by atoms with Crippen molar-refractivity contribution in [3.8, 4) is 0 Å². The summed E-state index contributed by atoms with van der Waals surface area (Å²) in [5, 5.41) is 0. The van der Waals surface area contributed by atoms with Crippen molar-refractivity contribution in [1.82, 2.24) is 19.9 Å². The lowest BCUT2D eigenvalue weighted by Gasteiger charge is -2.27. The molecule has 0 saturated carbocycles. The monoisotopic (exact) mass is 306 g/mol. The third-order valence-corrected chi connectivity index (χ3v) is 4.53. The summed E-state index contributed by atoms with van der Waals surface area (Å²) in [6.07, 6.45) is 2.81. The molecule has 3 aromatic rings. The number of rotatable bonds is 1. The van der Waals surface area contributed by atoms with E-state index >= 15 is 0 Å². The van der Waals surface area contributed by atoms with E-state index in [1.165, 1.54) is 11.3 Å². The van der Waals surface area contributed by atoms with Gasteiger partial charge in [-0.05, 0) is 43.7 Å².